The molecule has 1 saturated heterocycles. The second-order valence-electron chi connectivity index (χ2n) is 5.24. The van der Waals surface area contributed by atoms with Crippen molar-refractivity contribution in [1.82, 2.24) is 9.88 Å². The van der Waals surface area contributed by atoms with E-state index >= 15 is 0 Å². The van der Waals surface area contributed by atoms with Crippen LogP contribution in [0.5, 0.6) is 0 Å². The van der Waals surface area contributed by atoms with Gasteiger partial charge in [0.25, 0.3) is 0 Å². The van der Waals surface area contributed by atoms with Crippen molar-refractivity contribution in [2.45, 2.75) is 45.2 Å². The van der Waals surface area contributed by atoms with Crippen molar-refractivity contribution in [1.29, 1.82) is 0 Å². The molecular formula is C14H22BrN3. The maximum atomic E-state index is 4.25. The molecule has 1 aliphatic rings. The van der Waals surface area contributed by atoms with Gasteiger partial charge in [-0.05, 0) is 67.7 Å². The lowest BCUT2D eigenvalue weighted by atomic mass is 10.1. The number of anilines is 1. The molecule has 2 heterocycles. The minimum absolute atomic E-state index is 0.564. The summed E-state index contributed by atoms with van der Waals surface area (Å²) in [6, 6.07) is 5.29. The Hall–Kier alpha value is -0.610. The van der Waals surface area contributed by atoms with Gasteiger partial charge in [0.1, 0.15) is 4.60 Å². The maximum absolute atomic E-state index is 4.25. The Bertz CT molecular complexity index is 381. The van der Waals surface area contributed by atoms with E-state index in [0.29, 0.717) is 12.1 Å². The number of halogens is 1. The number of rotatable bonds is 3. The molecular weight excluding hydrogens is 290 g/mol. The summed E-state index contributed by atoms with van der Waals surface area (Å²) in [5.41, 5.74) is 1.11. The van der Waals surface area contributed by atoms with Gasteiger partial charge in [0.05, 0.1) is 5.69 Å². The van der Waals surface area contributed by atoms with Crippen molar-refractivity contribution in [3.05, 3.63) is 22.9 Å². The van der Waals surface area contributed by atoms with Gasteiger partial charge in [0.15, 0.2) is 0 Å². The van der Waals surface area contributed by atoms with E-state index in [0.717, 1.165) is 10.3 Å². The van der Waals surface area contributed by atoms with Crippen LogP contribution in [0.1, 0.15) is 33.1 Å². The van der Waals surface area contributed by atoms with Crippen LogP contribution in [0.3, 0.4) is 0 Å². The zero-order valence-corrected chi connectivity index (χ0v) is 12.8. The number of nitrogens with one attached hydrogen (secondary N) is 1. The molecule has 1 aromatic rings. The minimum atomic E-state index is 0.564. The standard InChI is InChI=1S/C14H22BrN3/c1-11(2)18-9-4-5-12(7-10-18)17-13-6-3-8-16-14(13)15/h3,6,8,11-12,17H,4-5,7,9-10H2,1-2H3. The van der Waals surface area contributed by atoms with Gasteiger partial charge in [-0.3, -0.25) is 0 Å². The molecule has 0 aliphatic carbocycles. The summed E-state index contributed by atoms with van der Waals surface area (Å²) in [5.74, 6) is 0. The molecule has 0 radical (unpaired) electrons. The first kappa shape index (κ1) is 13.8. The Morgan fingerprint density at radius 3 is 2.94 bits per heavy atom. The Balaban J connectivity index is 1.93. The smallest absolute Gasteiger partial charge is 0.129 e. The Morgan fingerprint density at radius 2 is 2.22 bits per heavy atom. The summed E-state index contributed by atoms with van der Waals surface area (Å²) in [6.45, 7) is 6.98. The molecule has 0 amide bonds. The number of likely N-dealkylation sites (tertiary alicyclic amines) is 1. The molecule has 100 valence electrons. The van der Waals surface area contributed by atoms with Crippen molar-refractivity contribution in [2.24, 2.45) is 0 Å². The van der Waals surface area contributed by atoms with Crippen molar-refractivity contribution in [3.63, 3.8) is 0 Å². The predicted octanol–water partition coefficient (Wildman–Crippen LogP) is 3.52. The third-order valence-electron chi connectivity index (χ3n) is 3.61. The van der Waals surface area contributed by atoms with E-state index in [-0.39, 0.29) is 0 Å². The molecule has 1 atom stereocenters. The molecule has 18 heavy (non-hydrogen) atoms. The summed E-state index contributed by atoms with van der Waals surface area (Å²) < 4.78 is 0.912. The first-order chi connectivity index (χ1) is 8.66. The normalized spacial score (nSPS) is 21.9. The van der Waals surface area contributed by atoms with E-state index in [4.69, 9.17) is 0 Å². The number of pyridine rings is 1. The summed E-state index contributed by atoms with van der Waals surface area (Å²) in [5, 5.41) is 3.61. The van der Waals surface area contributed by atoms with Crippen LogP contribution in [0.15, 0.2) is 22.9 Å². The summed E-state index contributed by atoms with van der Waals surface area (Å²) in [6.07, 6.45) is 5.53. The first-order valence-corrected chi connectivity index (χ1v) is 7.57. The molecule has 3 nitrogen and oxygen atoms in total. The minimum Gasteiger partial charge on any atom is -0.380 e. The van der Waals surface area contributed by atoms with Crippen LogP contribution in [-0.2, 0) is 0 Å². The second kappa shape index (κ2) is 6.53. The third kappa shape index (κ3) is 3.69. The van der Waals surface area contributed by atoms with E-state index in [1.54, 1.807) is 0 Å². The Morgan fingerprint density at radius 1 is 1.39 bits per heavy atom. The lowest BCUT2D eigenvalue weighted by Gasteiger charge is -2.24. The van der Waals surface area contributed by atoms with Gasteiger partial charge in [0, 0.05) is 24.8 Å². The van der Waals surface area contributed by atoms with Crippen LogP contribution in [0, 0.1) is 0 Å². The number of hydrogen-bond acceptors (Lipinski definition) is 3. The molecule has 0 aromatic carbocycles. The van der Waals surface area contributed by atoms with Gasteiger partial charge >= 0.3 is 0 Å². The van der Waals surface area contributed by atoms with Crippen molar-refractivity contribution < 1.29 is 0 Å². The monoisotopic (exact) mass is 311 g/mol. The van der Waals surface area contributed by atoms with E-state index in [1.807, 2.05) is 12.3 Å². The molecule has 0 saturated carbocycles. The van der Waals surface area contributed by atoms with Crippen molar-refractivity contribution >= 4 is 21.6 Å². The van der Waals surface area contributed by atoms with Gasteiger partial charge < -0.3 is 10.2 Å². The molecule has 4 heteroatoms. The largest absolute Gasteiger partial charge is 0.380 e. The van der Waals surface area contributed by atoms with Crippen LogP contribution in [0.2, 0.25) is 0 Å². The molecule has 1 unspecified atom stereocenters. The topological polar surface area (TPSA) is 28.2 Å². The van der Waals surface area contributed by atoms with Gasteiger partial charge in [-0.1, -0.05) is 0 Å². The van der Waals surface area contributed by atoms with Crippen LogP contribution < -0.4 is 5.32 Å². The second-order valence-corrected chi connectivity index (χ2v) is 5.99. The van der Waals surface area contributed by atoms with Crippen LogP contribution in [0.25, 0.3) is 0 Å². The highest BCUT2D eigenvalue weighted by molar-refractivity contribution is 9.10. The van der Waals surface area contributed by atoms with Crippen molar-refractivity contribution in [3.8, 4) is 0 Å². The Kier molecular flexibility index (Phi) is 5.01. The lowest BCUT2D eigenvalue weighted by molar-refractivity contribution is 0.230. The average Bonchev–Trinajstić information content (AvgIpc) is 2.58. The van der Waals surface area contributed by atoms with Gasteiger partial charge in [-0.2, -0.15) is 0 Å². The summed E-state index contributed by atoms with van der Waals surface area (Å²) in [7, 11) is 0. The van der Waals surface area contributed by atoms with Crippen LogP contribution in [-0.4, -0.2) is 35.1 Å². The third-order valence-corrected chi connectivity index (χ3v) is 4.24. The van der Waals surface area contributed by atoms with Crippen LogP contribution in [0.4, 0.5) is 5.69 Å². The quantitative estimate of drug-likeness (QED) is 0.866. The number of aromatic nitrogens is 1. The molecule has 1 fully saturated rings. The highest BCUT2D eigenvalue weighted by Crippen LogP contribution is 2.22. The fourth-order valence-electron chi connectivity index (χ4n) is 2.49. The molecule has 1 aromatic heterocycles. The first-order valence-electron chi connectivity index (χ1n) is 6.78. The zero-order chi connectivity index (χ0) is 13.0. The van der Waals surface area contributed by atoms with Gasteiger partial charge in [-0.25, -0.2) is 4.98 Å². The molecule has 2 rings (SSSR count). The van der Waals surface area contributed by atoms with Crippen LogP contribution >= 0.6 is 15.9 Å². The van der Waals surface area contributed by atoms with Crippen molar-refractivity contribution in [2.75, 3.05) is 18.4 Å². The van der Waals surface area contributed by atoms with E-state index in [1.165, 1.54) is 32.4 Å². The lowest BCUT2D eigenvalue weighted by Crippen LogP contribution is -2.32. The summed E-state index contributed by atoms with van der Waals surface area (Å²) in [4.78, 5) is 6.82. The zero-order valence-electron chi connectivity index (χ0n) is 11.2. The SMILES string of the molecule is CC(C)N1CCCC(Nc2cccnc2Br)CC1. The summed E-state index contributed by atoms with van der Waals surface area (Å²) >= 11 is 3.49. The Labute approximate surface area is 118 Å². The molecule has 0 spiro atoms. The highest BCUT2D eigenvalue weighted by atomic mass is 79.9. The average molecular weight is 312 g/mol. The predicted molar refractivity (Wildman–Crippen MR) is 79.9 cm³/mol. The molecule has 1 N–H and O–H groups in total. The number of nitrogens with zero attached hydrogens (tertiary/aromatic N) is 2. The highest BCUT2D eigenvalue weighted by Gasteiger charge is 2.18. The maximum Gasteiger partial charge on any atom is 0.129 e. The fraction of sp³-hybridized carbons (Fsp3) is 0.643. The van der Waals surface area contributed by atoms with E-state index in [9.17, 15) is 0 Å². The molecule has 0 bridgehead atoms. The number of hydrogen-bond donors (Lipinski definition) is 1. The molecule has 1 aliphatic heterocycles. The van der Waals surface area contributed by atoms with E-state index in [2.05, 4.69) is 51.0 Å². The van der Waals surface area contributed by atoms with Gasteiger partial charge in [-0.15, -0.1) is 0 Å². The fourth-order valence-corrected chi connectivity index (χ4v) is 2.86. The van der Waals surface area contributed by atoms with Gasteiger partial charge in [0.2, 0.25) is 0 Å². The van der Waals surface area contributed by atoms with E-state index < -0.39 is 0 Å².